The minimum Gasteiger partial charge on any atom is -0.330 e. The minimum absolute atomic E-state index is 0.0560. The van der Waals surface area contributed by atoms with Gasteiger partial charge in [0, 0.05) is 49.3 Å². The van der Waals surface area contributed by atoms with Crippen LogP contribution in [0.25, 0.3) is 12.2 Å². The molecule has 10 nitrogen and oxygen atoms in total. The SMILES string of the molecule is O=C(Nc1ccc(/C=C/c2ccc(NC(=O)[C@H]3CCCN3C(=O)Cc3ccncc3)cc2)cc1)[C@H]1CCCN1C(=O)Cc1ccncc1. The summed E-state index contributed by atoms with van der Waals surface area (Å²) < 4.78 is 0. The normalized spacial score (nSPS) is 17.4. The van der Waals surface area contributed by atoms with Crippen LogP contribution in [0.15, 0.2) is 97.6 Å². The van der Waals surface area contributed by atoms with E-state index in [0.717, 1.165) is 35.1 Å². The lowest BCUT2D eigenvalue weighted by molar-refractivity contribution is -0.136. The maximum atomic E-state index is 13.1. The number of hydrogen-bond donors (Lipinski definition) is 2. The number of nitrogens with one attached hydrogen (secondary N) is 2. The van der Waals surface area contributed by atoms with Crippen molar-refractivity contribution in [1.29, 1.82) is 0 Å². The molecular formula is C38H38N6O4. The Kier molecular flexibility index (Phi) is 10.3. The second-order valence-corrected chi connectivity index (χ2v) is 12.1. The van der Waals surface area contributed by atoms with Gasteiger partial charge in [-0.1, -0.05) is 36.4 Å². The lowest BCUT2D eigenvalue weighted by Crippen LogP contribution is -2.43. The fourth-order valence-corrected chi connectivity index (χ4v) is 6.23. The molecule has 0 radical (unpaired) electrons. The molecule has 4 heterocycles. The minimum atomic E-state index is -0.483. The van der Waals surface area contributed by atoms with Gasteiger partial charge in [0.15, 0.2) is 0 Å². The van der Waals surface area contributed by atoms with Crippen molar-refractivity contribution in [3.63, 3.8) is 0 Å². The molecule has 2 aliphatic rings. The Balaban J connectivity index is 0.985. The van der Waals surface area contributed by atoms with E-state index in [1.165, 1.54) is 0 Å². The number of hydrogen-bond acceptors (Lipinski definition) is 6. The van der Waals surface area contributed by atoms with Crippen LogP contribution in [0.4, 0.5) is 11.4 Å². The highest BCUT2D eigenvalue weighted by Gasteiger charge is 2.35. The van der Waals surface area contributed by atoms with Crippen LogP contribution in [0, 0.1) is 0 Å². The monoisotopic (exact) mass is 642 g/mol. The molecule has 2 aliphatic heterocycles. The van der Waals surface area contributed by atoms with E-state index in [0.29, 0.717) is 37.3 Å². The molecule has 0 saturated carbocycles. The van der Waals surface area contributed by atoms with Gasteiger partial charge < -0.3 is 20.4 Å². The molecule has 2 aromatic heterocycles. The summed E-state index contributed by atoms with van der Waals surface area (Å²) in [6.07, 6.45) is 14.0. The first kappa shape index (κ1) is 32.3. The van der Waals surface area contributed by atoms with Crippen LogP contribution < -0.4 is 10.6 Å². The quantitative estimate of drug-likeness (QED) is 0.235. The standard InChI is InChI=1S/C38H38N6O4/c45-35(25-29-15-19-39-20-16-29)43-23-1-3-33(43)37(47)41-31-11-7-27(8-12-31)5-6-28-9-13-32(14-10-28)42-38(48)34-4-2-24-44(34)36(46)26-30-17-21-40-22-18-30/h5-22,33-34H,1-4,23-26H2,(H,41,47)(H,42,48)/b6-5+/t33-,34-/m1/s1. The number of nitrogens with zero attached hydrogens (tertiary/aromatic N) is 4. The third kappa shape index (κ3) is 8.19. The molecule has 10 heteroatoms. The largest absolute Gasteiger partial charge is 0.330 e. The van der Waals surface area contributed by atoms with Gasteiger partial charge in [-0.25, -0.2) is 0 Å². The number of likely N-dealkylation sites (tertiary alicyclic amines) is 2. The van der Waals surface area contributed by atoms with Gasteiger partial charge in [0.25, 0.3) is 0 Å². The van der Waals surface area contributed by atoms with Gasteiger partial charge in [-0.05, 0) is 96.5 Å². The van der Waals surface area contributed by atoms with Gasteiger partial charge >= 0.3 is 0 Å². The van der Waals surface area contributed by atoms with Crippen molar-refractivity contribution in [1.82, 2.24) is 19.8 Å². The smallest absolute Gasteiger partial charge is 0.247 e. The predicted molar refractivity (Wildman–Crippen MR) is 184 cm³/mol. The van der Waals surface area contributed by atoms with E-state index in [-0.39, 0.29) is 36.5 Å². The number of rotatable bonds is 10. The van der Waals surface area contributed by atoms with Gasteiger partial charge in [-0.2, -0.15) is 0 Å². The van der Waals surface area contributed by atoms with Crippen molar-refractivity contribution < 1.29 is 19.2 Å². The Labute approximate surface area is 279 Å². The molecule has 244 valence electrons. The Bertz CT molecular complexity index is 1630. The topological polar surface area (TPSA) is 125 Å². The summed E-state index contributed by atoms with van der Waals surface area (Å²) in [4.78, 5) is 63.3. The first-order valence-electron chi connectivity index (χ1n) is 16.3. The number of aromatic nitrogens is 2. The van der Waals surface area contributed by atoms with E-state index >= 15 is 0 Å². The molecule has 48 heavy (non-hydrogen) atoms. The molecule has 0 unspecified atom stereocenters. The molecule has 2 aromatic carbocycles. The zero-order valence-electron chi connectivity index (χ0n) is 26.6. The summed E-state index contributed by atoms with van der Waals surface area (Å²) in [5, 5.41) is 5.94. The van der Waals surface area contributed by atoms with Gasteiger partial charge in [-0.3, -0.25) is 29.1 Å². The van der Waals surface area contributed by atoms with Crippen molar-refractivity contribution in [3.05, 3.63) is 120 Å². The van der Waals surface area contributed by atoms with E-state index in [9.17, 15) is 19.2 Å². The van der Waals surface area contributed by atoms with Crippen LogP contribution in [0.1, 0.15) is 47.9 Å². The molecule has 0 bridgehead atoms. The highest BCUT2D eigenvalue weighted by molar-refractivity contribution is 5.98. The molecule has 2 saturated heterocycles. The number of anilines is 2. The third-order valence-electron chi connectivity index (χ3n) is 8.79. The Morgan fingerprint density at radius 3 is 1.33 bits per heavy atom. The van der Waals surface area contributed by atoms with Gasteiger partial charge in [-0.15, -0.1) is 0 Å². The molecule has 6 rings (SSSR count). The number of amides is 4. The second-order valence-electron chi connectivity index (χ2n) is 12.1. The van der Waals surface area contributed by atoms with Crippen LogP contribution in [0.2, 0.25) is 0 Å². The summed E-state index contributed by atoms with van der Waals surface area (Å²) in [6.45, 7) is 1.15. The van der Waals surface area contributed by atoms with E-state index in [2.05, 4.69) is 20.6 Å². The van der Waals surface area contributed by atoms with Crippen LogP contribution in [-0.2, 0) is 32.0 Å². The lowest BCUT2D eigenvalue weighted by atomic mass is 10.1. The van der Waals surface area contributed by atoms with Crippen molar-refractivity contribution in [3.8, 4) is 0 Å². The van der Waals surface area contributed by atoms with E-state index in [4.69, 9.17) is 0 Å². The van der Waals surface area contributed by atoms with Gasteiger partial charge in [0.1, 0.15) is 12.1 Å². The summed E-state index contributed by atoms with van der Waals surface area (Å²) in [6, 6.07) is 21.4. The highest BCUT2D eigenvalue weighted by atomic mass is 16.2. The first-order chi connectivity index (χ1) is 23.4. The second kappa shape index (κ2) is 15.3. The van der Waals surface area contributed by atoms with Crippen molar-refractivity contribution in [2.75, 3.05) is 23.7 Å². The average molecular weight is 643 g/mol. The molecule has 0 aliphatic carbocycles. The Morgan fingerprint density at radius 2 is 0.958 bits per heavy atom. The van der Waals surface area contributed by atoms with E-state index < -0.39 is 12.1 Å². The Morgan fingerprint density at radius 1 is 0.583 bits per heavy atom. The number of carbonyl (C=O) groups excluding carboxylic acids is 4. The third-order valence-corrected chi connectivity index (χ3v) is 8.79. The van der Waals surface area contributed by atoms with Crippen molar-refractivity contribution in [2.24, 2.45) is 0 Å². The van der Waals surface area contributed by atoms with Crippen LogP contribution in [0.3, 0.4) is 0 Å². The molecule has 2 fully saturated rings. The van der Waals surface area contributed by atoms with E-state index in [1.54, 1.807) is 34.6 Å². The molecule has 2 atom stereocenters. The lowest BCUT2D eigenvalue weighted by Gasteiger charge is -2.24. The first-order valence-corrected chi connectivity index (χ1v) is 16.3. The average Bonchev–Trinajstić information content (AvgIpc) is 3.81. The number of benzene rings is 2. The fraction of sp³-hybridized carbons (Fsp3) is 0.263. The summed E-state index contributed by atoms with van der Waals surface area (Å²) in [5.74, 6) is -0.467. The fourth-order valence-electron chi connectivity index (χ4n) is 6.23. The zero-order chi connectivity index (χ0) is 33.3. The molecule has 4 aromatic rings. The molecule has 0 spiro atoms. The number of carbonyl (C=O) groups is 4. The Hall–Kier alpha value is -5.64. The highest BCUT2D eigenvalue weighted by Crippen LogP contribution is 2.23. The predicted octanol–water partition coefficient (Wildman–Crippen LogP) is 4.99. The van der Waals surface area contributed by atoms with Crippen molar-refractivity contribution >= 4 is 47.2 Å². The summed E-state index contributed by atoms with van der Waals surface area (Å²) >= 11 is 0. The van der Waals surface area contributed by atoms with E-state index in [1.807, 2.05) is 84.9 Å². The molecule has 4 amide bonds. The van der Waals surface area contributed by atoms with Gasteiger partial charge in [0.2, 0.25) is 23.6 Å². The maximum absolute atomic E-state index is 13.1. The van der Waals surface area contributed by atoms with Crippen LogP contribution >= 0.6 is 0 Å². The molecule has 2 N–H and O–H groups in total. The van der Waals surface area contributed by atoms with Crippen LogP contribution in [0.5, 0.6) is 0 Å². The van der Waals surface area contributed by atoms with Gasteiger partial charge in [0.05, 0.1) is 12.8 Å². The summed E-state index contributed by atoms with van der Waals surface area (Å²) in [7, 11) is 0. The summed E-state index contributed by atoms with van der Waals surface area (Å²) in [5.41, 5.74) is 5.02. The van der Waals surface area contributed by atoms with Crippen LogP contribution in [-0.4, -0.2) is 68.6 Å². The molecular weight excluding hydrogens is 604 g/mol. The number of pyridine rings is 2. The maximum Gasteiger partial charge on any atom is 0.247 e. The zero-order valence-corrected chi connectivity index (χ0v) is 26.6. The van der Waals surface area contributed by atoms with Crippen molar-refractivity contribution in [2.45, 2.75) is 50.6 Å².